The van der Waals surface area contributed by atoms with E-state index in [9.17, 15) is 8.42 Å². The number of rotatable bonds is 6. The number of piperazine rings is 1. The molecule has 6 heteroatoms. The Kier molecular flexibility index (Phi) is 5.85. The van der Waals surface area contributed by atoms with Crippen LogP contribution in [0.1, 0.15) is 6.92 Å². The molecule has 0 spiro atoms. The molecule has 1 atom stereocenters. The Morgan fingerprint density at radius 3 is 2.59 bits per heavy atom. The molecule has 1 unspecified atom stereocenters. The fourth-order valence-corrected chi connectivity index (χ4v) is 2.63. The van der Waals surface area contributed by atoms with Crippen molar-refractivity contribution in [1.29, 1.82) is 0 Å². The van der Waals surface area contributed by atoms with Gasteiger partial charge in [0.15, 0.2) is 0 Å². The van der Waals surface area contributed by atoms with Crippen LogP contribution in [-0.2, 0) is 9.84 Å². The summed E-state index contributed by atoms with van der Waals surface area (Å²) in [4.78, 5) is 4.80. The van der Waals surface area contributed by atoms with Gasteiger partial charge in [-0.25, -0.2) is 8.42 Å². The van der Waals surface area contributed by atoms with E-state index in [1.807, 2.05) is 0 Å². The Hall–Kier alpha value is -0.170. The second kappa shape index (κ2) is 6.68. The minimum Gasteiger partial charge on any atom is -0.314 e. The lowest BCUT2D eigenvalue weighted by molar-refractivity contribution is 0.101. The van der Waals surface area contributed by atoms with Gasteiger partial charge in [0, 0.05) is 51.6 Å². The van der Waals surface area contributed by atoms with Gasteiger partial charge in [-0.05, 0) is 14.0 Å². The molecule has 5 nitrogen and oxygen atoms in total. The van der Waals surface area contributed by atoms with E-state index in [0.29, 0.717) is 12.6 Å². The highest BCUT2D eigenvalue weighted by atomic mass is 32.2. The van der Waals surface area contributed by atoms with Gasteiger partial charge in [-0.15, -0.1) is 0 Å². The summed E-state index contributed by atoms with van der Waals surface area (Å²) < 4.78 is 21.9. The van der Waals surface area contributed by atoms with Crippen LogP contribution in [0.2, 0.25) is 0 Å². The van der Waals surface area contributed by atoms with Crippen molar-refractivity contribution in [3.8, 4) is 0 Å². The normalized spacial score (nSPS) is 24.1. The quantitative estimate of drug-likeness (QED) is 0.640. The molecule has 0 aromatic rings. The Bertz CT molecular complexity index is 319. The maximum atomic E-state index is 10.9. The largest absolute Gasteiger partial charge is 0.314 e. The molecule has 0 aromatic carbocycles. The third kappa shape index (κ3) is 6.35. The van der Waals surface area contributed by atoms with Crippen LogP contribution >= 0.6 is 0 Å². The first kappa shape index (κ1) is 14.9. The number of hydrogen-bond donors (Lipinski definition) is 1. The second-order valence-electron chi connectivity index (χ2n) is 5.03. The molecule has 1 aliphatic rings. The average Bonchev–Trinajstić information content (AvgIpc) is 2.18. The van der Waals surface area contributed by atoms with Gasteiger partial charge in [0.05, 0.1) is 5.75 Å². The molecule has 0 radical (unpaired) electrons. The zero-order valence-corrected chi connectivity index (χ0v) is 12.0. The van der Waals surface area contributed by atoms with E-state index in [-0.39, 0.29) is 5.75 Å². The number of hydrogen-bond acceptors (Lipinski definition) is 5. The highest BCUT2D eigenvalue weighted by Crippen LogP contribution is 2.06. The summed E-state index contributed by atoms with van der Waals surface area (Å²) in [5.74, 6) is 0.227. The smallest absolute Gasteiger partial charge is 0.148 e. The Labute approximate surface area is 105 Å². The van der Waals surface area contributed by atoms with E-state index in [1.165, 1.54) is 6.26 Å². The van der Waals surface area contributed by atoms with Gasteiger partial charge >= 0.3 is 0 Å². The van der Waals surface area contributed by atoms with Crippen LogP contribution < -0.4 is 5.32 Å². The van der Waals surface area contributed by atoms with Gasteiger partial charge in [-0.1, -0.05) is 0 Å². The van der Waals surface area contributed by atoms with Crippen LogP contribution in [0.25, 0.3) is 0 Å². The highest BCUT2D eigenvalue weighted by Gasteiger charge is 2.20. The van der Waals surface area contributed by atoms with Gasteiger partial charge in [0.1, 0.15) is 9.84 Å². The van der Waals surface area contributed by atoms with Crippen molar-refractivity contribution in [3.05, 3.63) is 0 Å². The number of likely N-dealkylation sites (N-methyl/N-ethyl adjacent to an activating group) is 1. The molecule has 102 valence electrons. The van der Waals surface area contributed by atoms with E-state index in [2.05, 4.69) is 29.1 Å². The van der Waals surface area contributed by atoms with Crippen molar-refractivity contribution in [3.63, 3.8) is 0 Å². The molecule has 0 saturated carbocycles. The molecule has 0 aromatic heterocycles. The van der Waals surface area contributed by atoms with Crippen molar-refractivity contribution in [1.82, 2.24) is 15.1 Å². The molecule has 0 aliphatic carbocycles. The predicted octanol–water partition coefficient (Wildman–Crippen LogP) is -0.743. The monoisotopic (exact) mass is 263 g/mol. The van der Waals surface area contributed by atoms with Crippen LogP contribution in [0.3, 0.4) is 0 Å². The van der Waals surface area contributed by atoms with Crippen molar-refractivity contribution in [2.45, 2.75) is 13.0 Å². The lowest BCUT2D eigenvalue weighted by Crippen LogP contribution is -2.52. The zero-order chi connectivity index (χ0) is 12.9. The molecule has 1 heterocycles. The summed E-state index contributed by atoms with van der Waals surface area (Å²) in [6.07, 6.45) is 1.28. The topological polar surface area (TPSA) is 52.6 Å². The summed E-state index contributed by atoms with van der Waals surface area (Å²) in [5.41, 5.74) is 0. The van der Waals surface area contributed by atoms with E-state index in [4.69, 9.17) is 0 Å². The summed E-state index contributed by atoms with van der Waals surface area (Å²) in [7, 11) is -0.679. The van der Waals surface area contributed by atoms with Gasteiger partial charge in [-0.2, -0.15) is 0 Å². The van der Waals surface area contributed by atoms with E-state index < -0.39 is 9.84 Å². The van der Waals surface area contributed by atoms with Gasteiger partial charge in [-0.3, -0.25) is 4.90 Å². The Balaban J connectivity index is 2.10. The first-order chi connectivity index (χ1) is 7.88. The minimum atomic E-state index is -2.83. The molecule has 0 amide bonds. The molecule has 1 N–H and O–H groups in total. The minimum absolute atomic E-state index is 0.227. The van der Waals surface area contributed by atoms with Crippen LogP contribution in [0.5, 0.6) is 0 Å². The third-order valence-corrected chi connectivity index (χ3v) is 4.14. The van der Waals surface area contributed by atoms with Gasteiger partial charge < -0.3 is 10.2 Å². The molecule has 1 fully saturated rings. The molecular weight excluding hydrogens is 238 g/mol. The Morgan fingerprint density at radius 2 is 2.00 bits per heavy atom. The van der Waals surface area contributed by atoms with Crippen LogP contribution in [-0.4, -0.2) is 82.6 Å². The van der Waals surface area contributed by atoms with Crippen molar-refractivity contribution >= 4 is 9.84 Å². The maximum Gasteiger partial charge on any atom is 0.148 e. The number of nitrogens with zero attached hydrogens (tertiary/aromatic N) is 2. The number of nitrogens with one attached hydrogen (secondary N) is 1. The fraction of sp³-hybridized carbons (Fsp3) is 1.00. The molecule has 1 rings (SSSR count). The maximum absolute atomic E-state index is 10.9. The van der Waals surface area contributed by atoms with Gasteiger partial charge in [0.25, 0.3) is 0 Å². The first-order valence-electron chi connectivity index (χ1n) is 6.19. The van der Waals surface area contributed by atoms with Crippen molar-refractivity contribution in [2.75, 3.05) is 58.3 Å². The van der Waals surface area contributed by atoms with Crippen LogP contribution in [0.4, 0.5) is 0 Å². The third-order valence-electron chi connectivity index (χ3n) is 3.19. The van der Waals surface area contributed by atoms with E-state index in [1.54, 1.807) is 0 Å². The predicted molar refractivity (Wildman–Crippen MR) is 71.1 cm³/mol. The zero-order valence-electron chi connectivity index (χ0n) is 11.1. The molecule has 17 heavy (non-hydrogen) atoms. The Morgan fingerprint density at radius 1 is 1.29 bits per heavy atom. The molecule has 1 aliphatic heterocycles. The summed E-state index contributed by atoms with van der Waals surface area (Å²) in [5, 5.41) is 3.19. The standard InChI is InChI=1S/C11H25N3O2S/c1-11-10-13(2)7-8-14(11)6-4-12-5-9-17(3,15)16/h11-12H,4-10H2,1-3H3. The van der Waals surface area contributed by atoms with Crippen LogP contribution in [0, 0.1) is 0 Å². The fourth-order valence-electron chi connectivity index (χ4n) is 2.11. The van der Waals surface area contributed by atoms with E-state index >= 15 is 0 Å². The number of sulfone groups is 1. The van der Waals surface area contributed by atoms with E-state index in [0.717, 1.165) is 32.7 Å². The summed E-state index contributed by atoms with van der Waals surface area (Å²) in [6, 6.07) is 0.588. The lowest BCUT2D eigenvalue weighted by Gasteiger charge is -2.38. The molecule has 1 saturated heterocycles. The van der Waals surface area contributed by atoms with Crippen molar-refractivity contribution in [2.24, 2.45) is 0 Å². The van der Waals surface area contributed by atoms with Gasteiger partial charge in [0.2, 0.25) is 0 Å². The summed E-state index contributed by atoms with van der Waals surface area (Å²) in [6.45, 7) is 8.00. The summed E-state index contributed by atoms with van der Waals surface area (Å²) >= 11 is 0. The highest BCUT2D eigenvalue weighted by molar-refractivity contribution is 7.90. The van der Waals surface area contributed by atoms with Crippen molar-refractivity contribution < 1.29 is 8.42 Å². The molecular formula is C11H25N3O2S. The second-order valence-corrected chi connectivity index (χ2v) is 7.29. The average molecular weight is 263 g/mol. The van der Waals surface area contributed by atoms with Crippen LogP contribution in [0.15, 0.2) is 0 Å². The SMILES string of the molecule is CC1CN(C)CCN1CCNCCS(C)(=O)=O. The first-order valence-corrected chi connectivity index (χ1v) is 8.25. The lowest BCUT2D eigenvalue weighted by atomic mass is 10.2. The molecule has 0 bridgehead atoms.